The van der Waals surface area contributed by atoms with Gasteiger partial charge >= 0.3 is 0 Å². The first-order valence-corrected chi connectivity index (χ1v) is 7.61. The van der Waals surface area contributed by atoms with E-state index in [1.54, 1.807) is 0 Å². The number of benzene rings is 1. The molecule has 0 bridgehead atoms. The van der Waals surface area contributed by atoms with Crippen LogP contribution >= 0.6 is 35.0 Å². The Morgan fingerprint density at radius 3 is 2.82 bits per heavy atom. The van der Waals surface area contributed by atoms with Crippen LogP contribution in [0.3, 0.4) is 0 Å². The van der Waals surface area contributed by atoms with Crippen LogP contribution in [0.4, 0.5) is 0 Å². The number of aliphatic hydroxyl groups is 1. The third-order valence-corrected chi connectivity index (χ3v) is 4.74. The normalized spacial score (nSPS) is 12.7. The summed E-state index contributed by atoms with van der Waals surface area (Å²) in [6, 6.07) is 5.78. The molecule has 1 atom stereocenters. The highest BCUT2D eigenvalue weighted by molar-refractivity contribution is 7.99. The summed E-state index contributed by atoms with van der Waals surface area (Å²) in [7, 11) is 0. The molecule has 0 saturated heterocycles. The van der Waals surface area contributed by atoms with Gasteiger partial charge in [-0.1, -0.05) is 42.3 Å². The molecule has 0 aliphatic heterocycles. The molecule has 4 heteroatoms. The number of hydrogen-bond acceptors (Lipinski definition) is 2. The number of hydrogen-bond donors (Lipinski definition) is 1. The summed E-state index contributed by atoms with van der Waals surface area (Å²) in [4.78, 5) is 0. The zero-order valence-electron chi connectivity index (χ0n) is 9.96. The minimum Gasteiger partial charge on any atom is -0.396 e. The van der Waals surface area contributed by atoms with Crippen LogP contribution in [0, 0.1) is 0 Å². The van der Waals surface area contributed by atoms with Gasteiger partial charge in [-0.05, 0) is 36.6 Å². The predicted octanol–water partition coefficient (Wildman–Crippen LogP) is 4.43. The molecule has 0 fully saturated rings. The van der Waals surface area contributed by atoms with Crippen molar-refractivity contribution >= 4 is 35.0 Å². The van der Waals surface area contributed by atoms with E-state index in [0.29, 0.717) is 15.3 Å². The molecule has 17 heavy (non-hydrogen) atoms. The van der Waals surface area contributed by atoms with E-state index in [4.69, 9.17) is 28.3 Å². The fourth-order valence-corrected chi connectivity index (χ4v) is 2.93. The molecule has 0 aliphatic rings. The van der Waals surface area contributed by atoms with Crippen molar-refractivity contribution in [1.82, 2.24) is 0 Å². The first kappa shape index (κ1) is 15.2. The summed E-state index contributed by atoms with van der Waals surface area (Å²) in [6.45, 7) is 2.49. The van der Waals surface area contributed by atoms with Crippen molar-refractivity contribution in [3.63, 3.8) is 0 Å². The van der Waals surface area contributed by atoms with E-state index < -0.39 is 0 Å². The Bertz CT molecular complexity index is 344. The molecule has 0 amide bonds. The lowest BCUT2D eigenvalue weighted by atomic mass is 10.1. The fourth-order valence-electron chi connectivity index (χ4n) is 1.53. The van der Waals surface area contributed by atoms with Crippen molar-refractivity contribution in [2.24, 2.45) is 0 Å². The number of thioether (sulfide) groups is 1. The van der Waals surface area contributed by atoms with Crippen molar-refractivity contribution in [1.29, 1.82) is 0 Å². The largest absolute Gasteiger partial charge is 0.396 e. The van der Waals surface area contributed by atoms with E-state index in [-0.39, 0.29) is 6.61 Å². The maximum absolute atomic E-state index is 8.71. The molecule has 0 heterocycles. The Morgan fingerprint density at radius 1 is 1.35 bits per heavy atom. The molecule has 96 valence electrons. The quantitative estimate of drug-likeness (QED) is 0.750. The second-order valence-electron chi connectivity index (χ2n) is 4.01. The lowest BCUT2D eigenvalue weighted by Gasteiger charge is -2.11. The third kappa shape index (κ3) is 5.52. The molecular weight excluding hydrogens is 275 g/mol. The van der Waals surface area contributed by atoms with E-state index in [1.165, 1.54) is 0 Å². The van der Waals surface area contributed by atoms with Crippen LogP contribution in [0.15, 0.2) is 18.2 Å². The minimum absolute atomic E-state index is 0.278. The maximum Gasteiger partial charge on any atom is 0.0624 e. The van der Waals surface area contributed by atoms with E-state index >= 15 is 0 Å². The molecule has 0 aromatic heterocycles. The SMILES string of the molecule is CC(CCc1cccc(Cl)c1Cl)SCCCO. The minimum atomic E-state index is 0.278. The van der Waals surface area contributed by atoms with Gasteiger partial charge in [0.1, 0.15) is 0 Å². The van der Waals surface area contributed by atoms with Crippen molar-refractivity contribution in [3.05, 3.63) is 33.8 Å². The van der Waals surface area contributed by atoms with Gasteiger partial charge in [0.15, 0.2) is 0 Å². The number of rotatable bonds is 7. The molecule has 0 radical (unpaired) electrons. The molecule has 1 N–H and O–H groups in total. The first-order chi connectivity index (χ1) is 8.15. The summed E-state index contributed by atoms with van der Waals surface area (Å²) in [6.07, 6.45) is 2.90. The zero-order valence-corrected chi connectivity index (χ0v) is 12.3. The Labute approximate surface area is 118 Å². The average Bonchev–Trinajstić information content (AvgIpc) is 2.31. The predicted molar refractivity (Wildman–Crippen MR) is 78.4 cm³/mol. The Kier molecular flexibility index (Phi) is 7.36. The fraction of sp³-hybridized carbons (Fsp3) is 0.538. The lowest BCUT2D eigenvalue weighted by Crippen LogP contribution is -2.01. The molecule has 1 rings (SSSR count). The van der Waals surface area contributed by atoms with Crippen LogP contribution in [0.25, 0.3) is 0 Å². The molecule has 1 unspecified atom stereocenters. The summed E-state index contributed by atoms with van der Waals surface area (Å²) < 4.78 is 0. The van der Waals surface area contributed by atoms with Gasteiger partial charge in [-0.2, -0.15) is 11.8 Å². The maximum atomic E-state index is 8.71. The van der Waals surface area contributed by atoms with Crippen LogP contribution in [0.1, 0.15) is 25.3 Å². The van der Waals surface area contributed by atoms with Crippen LogP contribution in [0.5, 0.6) is 0 Å². The average molecular weight is 293 g/mol. The molecule has 0 saturated carbocycles. The van der Waals surface area contributed by atoms with Crippen molar-refractivity contribution in [3.8, 4) is 0 Å². The van der Waals surface area contributed by atoms with Gasteiger partial charge < -0.3 is 5.11 Å². The van der Waals surface area contributed by atoms with Crippen LogP contribution < -0.4 is 0 Å². The molecule has 1 aromatic carbocycles. The zero-order chi connectivity index (χ0) is 12.7. The van der Waals surface area contributed by atoms with Crippen molar-refractivity contribution in [2.45, 2.75) is 31.4 Å². The Balaban J connectivity index is 2.37. The Hall–Kier alpha value is 0.110. The van der Waals surface area contributed by atoms with E-state index in [9.17, 15) is 0 Å². The summed E-state index contributed by atoms with van der Waals surface area (Å²) >= 11 is 14.0. The van der Waals surface area contributed by atoms with E-state index in [1.807, 2.05) is 30.0 Å². The first-order valence-electron chi connectivity index (χ1n) is 5.80. The van der Waals surface area contributed by atoms with Crippen LogP contribution in [-0.2, 0) is 6.42 Å². The monoisotopic (exact) mass is 292 g/mol. The molecular formula is C13H18Cl2OS. The summed E-state index contributed by atoms with van der Waals surface area (Å²) in [5, 5.41) is 10.6. The highest BCUT2D eigenvalue weighted by atomic mass is 35.5. The standard InChI is InChI=1S/C13H18Cl2OS/c1-10(17-9-3-8-16)6-7-11-4-2-5-12(14)13(11)15/h2,4-5,10,16H,3,6-9H2,1H3. The van der Waals surface area contributed by atoms with Gasteiger partial charge in [0.2, 0.25) is 0 Å². The molecule has 0 aliphatic carbocycles. The topological polar surface area (TPSA) is 20.2 Å². The molecule has 0 spiro atoms. The van der Waals surface area contributed by atoms with Gasteiger partial charge in [-0.3, -0.25) is 0 Å². The van der Waals surface area contributed by atoms with Crippen LogP contribution in [0.2, 0.25) is 10.0 Å². The second kappa shape index (κ2) is 8.25. The number of halogens is 2. The van der Waals surface area contributed by atoms with Crippen LogP contribution in [-0.4, -0.2) is 22.7 Å². The highest BCUT2D eigenvalue weighted by Crippen LogP contribution is 2.27. The van der Waals surface area contributed by atoms with E-state index in [2.05, 4.69) is 6.92 Å². The van der Waals surface area contributed by atoms with Crippen molar-refractivity contribution in [2.75, 3.05) is 12.4 Å². The van der Waals surface area contributed by atoms with E-state index in [0.717, 1.165) is 30.6 Å². The molecule has 1 aromatic rings. The Morgan fingerprint density at radius 2 is 2.12 bits per heavy atom. The smallest absolute Gasteiger partial charge is 0.0624 e. The number of aryl methyl sites for hydroxylation is 1. The number of aliphatic hydroxyl groups excluding tert-OH is 1. The second-order valence-corrected chi connectivity index (χ2v) is 6.34. The van der Waals surface area contributed by atoms with Gasteiger partial charge in [-0.15, -0.1) is 0 Å². The third-order valence-electron chi connectivity index (χ3n) is 2.56. The van der Waals surface area contributed by atoms with Crippen molar-refractivity contribution < 1.29 is 5.11 Å². The summed E-state index contributed by atoms with van der Waals surface area (Å²) in [5.74, 6) is 1.01. The van der Waals surface area contributed by atoms with Gasteiger partial charge in [-0.25, -0.2) is 0 Å². The molecule has 1 nitrogen and oxygen atoms in total. The summed E-state index contributed by atoms with van der Waals surface area (Å²) in [5.41, 5.74) is 1.12. The van der Waals surface area contributed by atoms with Gasteiger partial charge in [0.05, 0.1) is 10.0 Å². The van der Waals surface area contributed by atoms with Gasteiger partial charge in [0, 0.05) is 11.9 Å². The lowest BCUT2D eigenvalue weighted by molar-refractivity contribution is 0.296. The van der Waals surface area contributed by atoms with Gasteiger partial charge in [0.25, 0.3) is 0 Å². The highest BCUT2D eigenvalue weighted by Gasteiger charge is 2.07.